The van der Waals surface area contributed by atoms with Gasteiger partial charge in [0.05, 0.1) is 41.7 Å². The second-order valence-electron chi connectivity index (χ2n) is 26.1. The molecule has 6 aliphatic rings. The van der Waals surface area contributed by atoms with E-state index in [1.165, 1.54) is 91.0 Å². The number of aromatic hydroxyl groups is 5. The lowest BCUT2D eigenvalue weighted by Gasteiger charge is -2.13. The fraction of sp³-hybridized carbons (Fsp3) is 0.195. The van der Waals surface area contributed by atoms with Gasteiger partial charge in [0.15, 0.2) is 57.5 Å². The van der Waals surface area contributed by atoms with Crippen LogP contribution in [0.15, 0.2) is 157 Å². The number of sulfonamides is 5. The van der Waals surface area contributed by atoms with E-state index in [9.17, 15) is 96.4 Å². The van der Waals surface area contributed by atoms with E-state index in [2.05, 4.69) is 23.6 Å². The zero-order chi connectivity index (χ0) is 92.9. The molecule has 0 saturated carbocycles. The van der Waals surface area contributed by atoms with E-state index in [0.29, 0.717) is 5.56 Å². The van der Waals surface area contributed by atoms with Gasteiger partial charge in [0, 0.05) is 66.1 Å². The van der Waals surface area contributed by atoms with E-state index in [-0.39, 0.29) is 237 Å². The molecule has 11 heterocycles. The van der Waals surface area contributed by atoms with Crippen LogP contribution in [0.1, 0.15) is 54.5 Å². The third-order valence-electron chi connectivity index (χ3n) is 17.5. The number of carboxylic acid groups (broad SMARTS) is 2. The van der Waals surface area contributed by atoms with Gasteiger partial charge in [0.25, 0.3) is 56.0 Å². The van der Waals surface area contributed by atoms with Crippen molar-refractivity contribution in [2.45, 2.75) is 60.6 Å². The summed E-state index contributed by atoms with van der Waals surface area (Å²) in [7, 11) is -17.7. The Labute approximate surface area is 752 Å². The highest BCUT2D eigenvalue weighted by molar-refractivity contribution is 7.96. The van der Waals surface area contributed by atoms with Gasteiger partial charge in [-0.1, -0.05) is 30.3 Å². The number of carbonyl (C=O) groups is 6. The summed E-state index contributed by atoms with van der Waals surface area (Å²) < 4.78 is 199. The molecule has 10 aromatic rings. The quantitative estimate of drug-likeness (QED) is 0.00896. The number of hydrogen-bond acceptors (Lipinski definition) is 38. The first-order chi connectivity index (χ1) is 61.4. The molecular formula is C77H71N7O35S10. The number of carboxylic acids is 2. The number of rotatable bonds is 29. The van der Waals surface area contributed by atoms with Crippen LogP contribution in [-0.2, 0) is 96.4 Å². The first kappa shape index (κ1) is 94.5. The van der Waals surface area contributed by atoms with Crippen molar-refractivity contribution >= 4 is 189 Å². The monoisotopic (exact) mass is 1970 g/mol. The maximum absolute atomic E-state index is 12.6. The molecule has 3 amide bonds. The number of benzene rings is 5. The second kappa shape index (κ2) is 40.6. The largest absolute Gasteiger partial charge is 0.504 e. The Hall–Kier alpha value is -13.6. The Kier molecular flexibility index (Phi) is 29.7. The van der Waals surface area contributed by atoms with E-state index in [1.807, 2.05) is 0 Å². The zero-order valence-electron chi connectivity index (χ0n) is 66.5. The Bertz CT molecular complexity index is 6610. The molecule has 5 aromatic carbocycles. The molecular weight excluding hydrogens is 1900 g/mol. The molecule has 129 heavy (non-hydrogen) atoms. The van der Waals surface area contributed by atoms with E-state index in [1.54, 1.807) is 71.1 Å². The topological polar surface area (TPSA) is 592 Å². The minimum absolute atomic E-state index is 0.000103. The molecule has 16 rings (SSSR count). The third kappa shape index (κ3) is 22.5. The number of phenols is 5. The van der Waals surface area contributed by atoms with Crippen LogP contribution in [-0.4, -0.2) is 184 Å². The number of nitrogens with zero attached hydrogens (tertiary/aromatic N) is 2. The number of aryl methyl sites for hydroxylation is 2. The van der Waals surface area contributed by atoms with Crippen molar-refractivity contribution < 1.29 is 163 Å². The van der Waals surface area contributed by atoms with Crippen molar-refractivity contribution in [2.24, 2.45) is 0 Å². The zero-order valence-corrected chi connectivity index (χ0v) is 74.7. The smallest absolute Gasteiger partial charge is 0.331 e. The molecule has 1 saturated heterocycles. The molecule has 0 unspecified atom stereocenters. The van der Waals surface area contributed by atoms with Gasteiger partial charge in [0.1, 0.15) is 27.6 Å². The van der Waals surface area contributed by atoms with Gasteiger partial charge >= 0.3 is 29.9 Å². The Morgan fingerprint density at radius 1 is 0.411 bits per heavy atom. The number of imide groups is 1. The van der Waals surface area contributed by atoms with Gasteiger partial charge in [0.2, 0.25) is 62.7 Å². The number of ether oxygens (including phenoxy) is 12. The molecule has 1 fully saturated rings. The van der Waals surface area contributed by atoms with E-state index < -0.39 is 85.9 Å². The number of fused-ring (bicyclic) bond motifs is 5. The molecule has 42 nitrogen and oxygen atoms in total. The van der Waals surface area contributed by atoms with Crippen molar-refractivity contribution in [1.29, 1.82) is 0 Å². The van der Waals surface area contributed by atoms with Gasteiger partial charge < -0.3 is 97.5 Å². The van der Waals surface area contributed by atoms with Crippen LogP contribution in [0, 0.1) is 0 Å². The van der Waals surface area contributed by atoms with Crippen LogP contribution in [0.2, 0.25) is 0 Å². The van der Waals surface area contributed by atoms with Gasteiger partial charge in [-0.05, 0) is 132 Å². The lowest BCUT2D eigenvalue weighted by atomic mass is 10.1. The van der Waals surface area contributed by atoms with Crippen molar-refractivity contribution in [1.82, 2.24) is 9.80 Å². The first-order valence-electron chi connectivity index (χ1n) is 36.8. The Morgan fingerprint density at radius 2 is 0.705 bits per heavy atom. The number of carbonyl (C=O) groups excluding carboxylic acids is 4. The van der Waals surface area contributed by atoms with Crippen molar-refractivity contribution in [3.8, 4) is 86.2 Å². The number of nitrogens with one attached hydrogen (secondary N) is 5. The summed E-state index contributed by atoms with van der Waals surface area (Å²) in [6.07, 6.45) is 6.90. The summed E-state index contributed by atoms with van der Waals surface area (Å²) in [4.78, 5) is 70.4. The van der Waals surface area contributed by atoms with E-state index in [4.69, 9.17) is 67.1 Å². The highest BCUT2D eigenvalue weighted by Crippen LogP contribution is 2.54. The highest BCUT2D eigenvalue weighted by Gasteiger charge is 2.37. The number of urea groups is 1. The molecule has 684 valence electrons. The normalized spacial score (nSPS) is 13.8. The first-order valence-corrected chi connectivity index (χ1v) is 48.7. The van der Waals surface area contributed by atoms with Gasteiger partial charge in [-0.25, -0.2) is 61.4 Å². The van der Waals surface area contributed by atoms with Crippen molar-refractivity contribution in [3.05, 3.63) is 164 Å². The number of esters is 2. The average Bonchev–Trinajstić information content (AvgIpc) is 1.63. The molecule has 12 N–H and O–H groups in total. The fourth-order valence-electron chi connectivity index (χ4n) is 11.8. The van der Waals surface area contributed by atoms with E-state index in [0.717, 1.165) is 79.8 Å². The van der Waals surface area contributed by atoms with E-state index >= 15 is 0 Å². The maximum Gasteiger partial charge on any atom is 0.331 e. The van der Waals surface area contributed by atoms with Crippen LogP contribution in [0.4, 0.5) is 33.2 Å². The summed E-state index contributed by atoms with van der Waals surface area (Å²) in [5.41, 5.74) is 1.41. The van der Waals surface area contributed by atoms with Gasteiger partial charge in [-0.3, -0.25) is 38.0 Å². The standard InChI is InChI=1S/C17H15N3O7S2.C16H17NO7S2.C16H15NO7S2.C14H13NO7S2.C14H11NO7S2/c1-19-8-12(21)20(17(19)23)5-4-10-7-11(15-16(14(10)22)27-9-26-15)18-29(24,25)13-3-2-6-28-13;2*1-2-22-12(18)6-5-10-8-11(15-16(14(10)19)24-9-23-15)17-26(20,21)13-4-3-7-25-13;2*16-10(17)4-3-8-6-9(13-14(12(8)18)22-7-21-13)15-24(19,20)11-2-1-5-23-11/h2-7,18,22H,8-9H2,1H3;3-4,7-8,17,19H,2,5-6,9H2,1H3;3-8,17,19H,2,9H2,1H3;1-2,5-6,15,18H,3-4,7H2,(H,16,17);1-6,15,18H,7H2,(H,16,17)/b5-4+;;6-5+;;4-3+. The molecule has 0 atom stereocenters. The predicted molar refractivity (Wildman–Crippen MR) is 464 cm³/mol. The molecule has 0 spiro atoms. The number of likely N-dealkylation sites (N-methyl/N-ethyl adjacent to an activating group) is 1. The summed E-state index contributed by atoms with van der Waals surface area (Å²) in [6.45, 7) is 2.93. The number of amides is 3. The molecule has 6 aliphatic heterocycles. The fourth-order valence-corrected chi connectivity index (χ4v) is 22.0. The minimum Gasteiger partial charge on any atom is -0.504 e. The number of phenolic OH excluding ortho intramolecular Hbond substituents is 5. The number of anilines is 5. The summed E-state index contributed by atoms with van der Waals surface area (Å²) in [6, 6.07) is 21.6. The maximum atomic E-state index is 12.6. The minimum atomic E-state index is -3.87. The summed E-state index contributed by atoms with van der Waals surface area (Å²) >= 11 is 5.28. The highest BCUT2D eigenvalue weighted by atomic mass is 32.3. The van der Waals surface area contributed by atoms with Crippen molar-refractivity contribution in [3.63, 3.8) is 0 Å². The molecule has 52 heteroatoms. The van der Waals surface area contributed by atoms with Crippen LogP contribution in [0.3, 0.4) is 0 Å². The molecule has 0 radical (unpaired) electrons. The summed E-state index contributed by atoms with van der Waals surface area (Å²) in [5, 5.41) is 77.0. The molecule has 5 aromatic heterocycles. The third-order valence-corrected chi connectivity index (χ3v) is 31.3. The summed E-state index contributed by atoms with van der Waals surface area (Å²) in [5.74, 6) is -4.68. The van der Waals surface area contributed by atoms with Crippen LogP contribution in [0.25, 0.3) is 18.2 Å². The average molecular weight is 1980 g/mol. The van der Waals surface area contributed by atoms with Crippen LogP contribution in [0.5, 0.6) is 86.2 Å². The number of aliphatic carboxylic acids is 2. The lowest BCUT2D eigenvalue weighted by Crippen LogP contribution is -2.26. The van der Waals surface area contributed by atoms with Crippen molar-refractivity contribution in [2.75, 3.05) is 84.4 Å². The lowest BCUT2D eigenvalue weighted by molar-refractivity contribution is -0.143. The number of hydrogen-bond donors (Lipinski definition) is 12. The van der Waals surface area contributed by atoms with Gasteiger partial charge in [-0.15, -0.1) is 56.7 Å². The van der Waals surface area contributed by atoms with Crippen LogP contribution >= 0.6 is 56.7 Å². The number of thiophene rings is 5. The Balaban J connectivity index is 0.000000146. The Morgan fingerprint density at radius 3 is 0.992 bits per heavy atom. The van der Waals surface area contributed by atoms with Crippen LogP contribution < -0.4 is 71.0 Å². The second-order valence-corrected chi connectivity index (χ2v) is 40.4. The SMILES string of the molecule is CCOC(=O)/C=C/c1cc(NS(=O)(=O)c2cccs2)c2c(c1O)OCO2.CCOC(=O)CCc1cc(NS(=O)(=O)c2cccs2)c2c(c1O)OCO2.CN1CC(=O)N(/C=C/c2cc(NS(=O)(=O)c3cccs3)c3c(c2O)OCO3)C1=O.O=C(O)/C=C/c1cc(NS(=O)(=O)c2cccs2)c2c(c1O)OCO2.O=C(O)CCc1cc(NS(=O)(=O)c2cccs2)c2c(c1O)OCO2. The predicted octanol–water partition coefficient (Wildman–Crippen LogP) is 11.0. The molecule has 0 aliphatic carbocycles. The molecule has 0 bridgehead atoms. The van der Waals surface area contributed by atoms with Gasteiger partial charge in [-0.2, -0.15) is 0 Å².